The maximum Gasteiger partial charge on any atom is 0.134 e. The van der Waals surface area contributed by atoms with E-state index in [1.165, 1.54) is 76.5 Å². The summed E-state index contributed by atoms with van der Waals surface area (Å²) < 4.78 is 6.42. The average molecular weight is 525 g/mol. The predicted octanol–water partition coefficient (Wildman–Crippen LogP) is 8.80. The SMILES string of the molecule is C1=C(C2=c3cccc4c3=C(CC2)Oc2ccccc2-4)CCc2cc(-c3ccc4c(ccc5ccccc54)c3)ccc21. The maximum absolute atomic E-state index is 6.42. The van der Waals surface area contributed by atoms with Gasteiger partial charge < -0.3 is 4.74 Å². The number of rotatable bonds is 2. The molecule has 3 aliphatic rings. The molecule has 6 aromatic rings. The lowest BCUT2D eigenvalue weighted by Crippen LogP contribution is -2.37. The Labute approximate surface area is 239 Å². The van der Waals surface area contributed by atoms with Gasteiger partial charge in [-0.25, -0.2) is 0 Å². The number of aryl methyl sites for hydroxylation is 1. The van der Waals surface area contributed by atoms with Crippen LogP contribution < -0.4 is 15.2 Å². The van der Waals surface area contributed by atoms with Crippen LogP contribution in [0.3, 0.4) is 0 Å². The van der Waals surface area contributed by atoms with Crippen molar-refractivity contribution >= 4 is 39.0 Å². The number of fused-ring (bicyclic) bond motifs is 6. The van der Waals surface area contributed by atoms with Gasteiger partial charge >= 0.3 is 0 Å². The first-order valence-corrected chi connectivity index (χ1v) is 14.7. The molecule has 6 aromatic carbocycles. The van der Waals surface area contributed by atoms with E-state index in [1.807, 2.05) is 0 Å². The van der Waals surface area contributed by atoms with Gasteiger partial charge in [0.15, 0.2) is 0 Å². The standard InChI is InChI=1S/C40H28O/c1-2-7-32-25(6-1)12-16-30-24-29(18-19-33(30)32)26-13-14-28-23-31(17-15-27(28)22-26)34-20-21-39-40-36(34)9-5-10-37(40)35-8-3-4-11-38(35)41-39/h1-14,16,18-19,22-24H,15,17,20-21H2. The first-order chi connectivity index (χ1) is 20.3. The summed E-state index contributed by atoms with van der Waals surface area (Å²) in [6, 6.07) is 42.3. The van der Waals surface area contributed by atoms with Gasteiger partial charge in [0.25, 0.3) is 0 Å². The Bertz CT molecular complexity index is 2230. The molecule has 0 amide bonds. The number of para-hydroxylation sites is 1. The monoisotopic (exact) mass is 524 g/mol. The molecule has 0 aromatic heterocycles. The van der Waals surface area contributed by atoms with Crippen molar-refractivity contribution in [3.63, 3.8) is 0 Å². The fraction of sp³-hybridized carbons (Fsp3) is 0.100. The topological polar surface area (TPSA) is 9.23 Å². The summed E-state index contributed by atoms with van der Waals surface area (Å²) in [6.45, 7) is 0. The Kier molecular flexibility index (Phi) is 4.92. The Balaban J connectivity index is 1.12. The van der Waals surface area contributed by atoms with E-state index in [9.17, 15) is 0 Å². The third-order valence-electron chi connectivity index (χ3n) is 9.28. The third-order valence-corrected chi connectivity index (χ3v) is 9.28. The van der Waals surface area contributed by atoms with Gasteiger partial charge in [-0.2, -0.15) is 0 Å². The van der Waals surface area contributed by atoms with Crippen LogP contribution in [0, 0.1) is 0 Å². The lowest BCUT2D eigenvalue weighted by Gasteiger charge is -2.27. The predicted molar refractivity (Wildman–Crippen MR) is 171 cm³/mol. The third kappa shape index (κ3) is 3.55. The van der Waals surface area contributed by atoms with Gasteiger partial charge in [-0.1, -0.05) is 109 Å². The van der Waals surface area contributed by atoms with E-state index >= 15 is 0 Å². The molecule has 0 unspecified atom stereocenters. The molecular formula is C40H28O. The summed E-state index contributed by atoms with van der Waals surface area (Å²) in [5.41, 5.74) is 10.9. The van der Waals surface area contributed by atoms with E-state index in [1.54, 1.807) is 0 Å². The fourth-order valence-electron chi connectivity index (χ4n) is 7.28. The number of allylic oxidation sites excluding steroid dienone is 1. The van der Waals surface area contributed by atoms with Gasteiger partial charge in [0, 0.05) is 17.2 Å². The Morgan fingerprint density at radius 2 is 1.34 bits per heavy atom. The van der Waals surface area contributed by atoms with Crippen molar-refractivity contribution in [1.82, 2.24) is 0 Å². The molecule has 0 spiro atoms. The molecule has 1 heteroatoms. The second-order valence-corrected chi connectivity index (χ2v) is 11.5. The Morgan fingerprint density at radius 3 is 2.34 bits per heavy atom. The zero-order valence-corrected chi connectivity index (χ0v) is 22.8. The zero-order valence-electron chi connectivity index (χ0n) is 22.8. The minimum absolute atomic E-state index is 0.952. The van der Waals surface area contributed by atoms with Crippen molar-refractivity contribution in [2.24, 2.45) is 0 Å². The van der Waals surface area contributed by atoms with E-state index in [2.05, 4.69) is 121 Å². The number of hydrogen-bond donors (Lipinski definition) is 0. The van der Waals surface area contributed by atoms with Gasteiger partial charge in [-0.15, -0.1) is 0 Å². The molecule has 1 aliphatic heterocycles. The van der Waals surface area contributed by atoms with Gasteiger partial charge in [0.05, 0.1) is 0 Å². The van der Waals surface area contributed by atoms with Gasteiger partial charge in [-0.3, -0.25) is 0 Å². The molecule has 2 aliphatic carbocycles. The molecular weight excluding hydrogens is 496 g/mol. The van der Waals surface area contributed by atoms with E-state index in [0.717, 1.165) is 37.2 Å². The van der Waals surface area contributed by atoms with E-state index < -0.39 is 0 Å². The minimum atomic E-state index is 0.952. The number of benzene rings is 6. The summed E-state index contributed by atoms with van der Waals surface area (Å²) in [7, 11) is 0. The van der Waals surface area contributed by atoms with Crippen LogP contribution in [0.1, 0.15) is 30.4 Å². The largest absolute Gasteiger partial charge is 0.460 e. The highest BCUT2D eigenvalue weighted by molar-refractivity contribution is 6.08. The molecule has 0 saturated heterocycles. The van der Waals surface area contributed by atoms with Crippen LogP contribution in [0.2, 0.25) is 0 Å². The van der Waals surface area contributed by atoms with Crippen LogP contribution in [0.25, 0.3) is 61.2 Å². The molecule has 0 N–H and O–H groups in total. The van der Waals surface area contributed by atoms with Crippen molar-refractivity contribution < 1.29 is 4.74 Å². The highest BCUT2D eigenvalue weighted by Gasteiger charge is 2.24. The summed E-state index contributed by atoms with van der Waals surface area (Å²) in [5.74, 6) is 2.11. The van der Waals surface area contributed by atoms with Crippen LogP contribution >= 0.6 is 0 Å². The second-order valence-electron chi connectivity index (χ2n) is 11.5. The van der Waals surface area contributed by atoms with Crippen LogP contribution in [0.5, 0.6) is 5.75 Å². The number of hydrogen-bond acceptors (Lipinski definition) is 1. The van der Waals surface area contributed by atoms with Gasteiger partial charge in [-0.05, 0) is 97.1 Å². The van der Waals surface area contributed by atoms with Crippen LogP contribution in [0.4, 0.5) is 0 Å². The number of ether oxygens (including phenoxy) is 1. The molecule has 194 valence electrons. The average Bonchev–Trinajstić information content (AvgIpc) is 3.04. The van der Waals surface area contributed by atoms with Gasteiger partial charge in [0.2, 0.25) is 0 Å². The smallest absolute Gasteiger partial charge is 0.134 e. The van der Waals surface area contributed by atoms with Gasteiger partial charge in [0.1, 0.15) is 11.5 Å². The maximum atomic E-state index is 6.42. The normalized spacial score (nSPS) is 15.2. The summed E-state index contributed by atoms with van der Waals surface area (Å²) in [5, 5.41) is 7.89. The van der Waals surface area contributed by atoms with Crippen LogP contribution in [-0.2, 0) is 6.42 Å². The lowest BCUT2D eigenvalue weighted by atomic mass is 9.82. The van der Waals surface area contributed by atoms with Crippen molar-refractivity contribution in [2.45, 2.75) is 25.7 Å². The second kappa shape index (κ2) is 8.81. The first-order valence-electron chi connectivity index (χ1n) is 14.7. The van der Waals surface area contributed by atoms with E-state index in [0.29, 0.717) is 0 Å². The first kappa shape index (κ1) is 22.9. The van der Waals surface area contributed by atoms with Crippen LogP contribution in [0.15, 0.2) is 121 Å². The Hall–Kier alpha value is -4.88. The summed E-state index contributed by atoms with van der Waals surface area (Å²) in [4.78, 5) is 0. The summed E-state index contributed by atoms with van der Waals surface area (Å²) >= 11 is 0. The fourth-order valence-corrected chi connectivity index (χ4v) is 7.28. The van der Waals surface area contributed by atoms with Crippen molar-refractivity contribution in [2.75, 3.05) is 0 Å². The molecule has 1 heterocycles. The Morgan fingerprint density at radius 1 is 0.537 bits per heavy atom. The molecule has 0 bridgehead atoms. The van der Waals surface area contributed by atoms with Crippen molar-refractivity contribution in [1.29, 1.82) is 0 Å². The van der Waals surface area contributed by atoms with Crippen molar-refractivity contribution in [3.8, 4) is 28.0 Å². The molecule has 9 rings (SSSR count). The quantitative estimate of drug-likeness (QED) is 0.206. The minimum Gasteiger partial charge on any atom is -0.460 e. The molecule has 41 heavy (non-hydrogen) atoms. The molecule has 0 saturated carbocycles. The van der Waals surface area contributed by atoms with Crippen LogP contribution in [-0.4, -0.2) is 0 Å². The lowest BCUT2D eigenvalue weighted by molar-refractivity contribution is 0.481. The van der Waals surface area contributed by atoms with Crippen molar-refractivity contribution in [3.05, 3.63) is 142 Å². The molecule has 0 fully saturated rings. The highest BCUT2D eigenvalue weighted by atomic mass is 16.5. The molecule has 0 radical (unpaired) electrons. The van der Waals surface area contributed by atoms with E-state index in [4.69, 9.17) is 4.74 Å². The highest BCUT2D eigenvalue weighted by Crippen LogP contribution is 2.38. The molecule has 0 atom stereocenters. The van der Waals surface area contributed by atoms with E-state index in [-0.39, 0.29) is 0 Å². The molecule has 1 nitrogen and oxygen atoms in total. The zero-order chi connectivity index (χ0) is 26.9. The summed E-state index contributed by atoms with van der Waals surface area (Å²) in [6.07, 6.45) is 6.58.